The Morgan fingerprint density at radius 3 is 2.39 bits per heavy atom. The first-order valence-corrected chi connectivity index (χ1v) is 11.0. The van der Waals surface area contributed by atoms with Gasteiger partial charge in [0.25, 0.3) is 5.91 Å². The number of hydrazone groups is 1. The number of halogens is 2. The van der Waals surface area contributed by atoms with E-state index in [1.54, 1.807) is 13.0 Å². The van der Waals surface area contributed by atoms with Crippen molar-refractivity contribution in [3.05, 3.63) is 33.8 Å². The predicted molar refractivity (Wildman–Crippen MR) is 119 cm³/mol. The maximum Gasteiger partial charge on any atom is 0.255 e. The van der Waals surface area contributed by atoms with Crippen molar-refractivity contribution in [2.24, 2.45) is 16.0 Å². The van der Waals surface area contributed by atoms with E-state index in [1.807, 2.05) is 0 Å². The van der Waals surface area contributed by atoms with Crippen LogP contribution < -0.4 is 9.75 Å². The molecule has 9 heteroatoms. The standard InChI is InChI=1S/C22H21Cl2N3O4/c1-12-18(28)10-21(30)27(26-12)14-7-16(23)22(17(24)8-14)31-20-9-15(19(29)11-25-20)13-5-3-2-4-6-13/h7-9,13H,2-6,10-11H2,1H3. The van der Waals surface area contributed by atoms with Gasteiger partial charge in [-0.05, 0) is 37.8 Å². The summed E-state index contributed by atoms with van der Waals surface area (Å²) in [6.45, 7) is 1.58. The lowest BCUT2D eigenvalue weighted by molar-refractivity contribution is -0.124. The van der Waals surface area contributed by atoms with Gasteiger partial charge >= 0.3 is 0 Å². The molecule has 3 aliphatic rings. The van der Waals surface area contributed by atoms with Crippen LogP contribution in [-0.4, -0.2) is 35.6 Å². The molecule has 1 aromatic rings. The number of amides is 1. The third-order valence-electron chi connectivity index (χ3n) is 5.66. The Labute approximate surface area is 189 Å². The molecule has 1 aromatic carbocycles. The van der Waals surface area contributed by atoms with Crippen LogP contribution in [0.5, 0.6) is 5.75 Å². The Morgan fingerprint density at radius 2 is 1.71 bits per heavy atom. The van der Waals surface area contributed by atoms with Crippen molar-refractivity contribution in [1.29, 1.82) is 0 Å². The average Bonchev–Trinajstić information content (AvgIpc) is 2.75. The van der Waals surface area contributed by atoms with Crippen molar-refractivity contribution >= 4 is 58.0 Å². The van der Waals surface area contributed by atoms with Gasteiger partial charge in [0.05, 0.1) is 22.2 Å². The summed E-state index contributed by atoms with van der Waals surface area (Å²) in [5, 5.41) is 5.46. The van der Waals surface area contributed by atoms with Crippen molar-refractivity contribution < 1.29 is 19.1 Å². The minimum absolute atomic E-state index is 0.0261. The molecular formula is C22H21Cl2N3O4. The second kappa shape index (κ2) is 8.93. The van der Waals surface area contributed by atoms with Gasteiger partial charge in [0.1, 0.15) is 12.3 Å². The molecular weight excluding hydrogens is 441 g/mol. The second-order valence-electron chi connectivity index (χ2n) is 7.84. The quantitative estimate of drug-likeness (QED) is 0.617. The minimum Gasteiger partial charge on any atom is -0.436 e. The largest absolute Gasteiger partial charge is 0.436 e. The van der Waals surface area contributed by atoms with Crippen molar-refractivity contribution in [2.45, 2.75) is 45.4 Å². The number of carbonyl (C=O) groups is 3. The van der Waals surface area contributed by atoms with Crippen molar-refractivity contribution in [3.63, 3.8) is 0 Å². The van der Waals surface area contributed by atoms with Crippen molar-refractivity contribution in [3.8, 4) is 5.75 Å². The number of Topliss-reactive ketones (excluding diaryl/α,β-unsaturated/α-hetero) is 2. The van der Waals surface area contributed by atoms with Crippen LogP contribution in [0.2, 0.25) is 10.0 Å². The van der Waals surface area contributed by atoms with E-state index in [2.05, 4.69) is 10.1 Å². The number of anilines is 1. The number of hydrogen-bond donors (Lipinski definition) is 0. The van der Waals surface area contributed by atoms with Gasteiger partial charge in [-0.15, -0.1) is 0 Å². The lowest BCUT2D eigenvalue weighted by Crippen LogP contribution is -2.36. The van der Waals surface area contributed by atoms with Crippen LogP contribution >= 0.6 is 23.2 Å². The second-order valence-corrected chi connectivity index (χ2v) is 8.66. The molecule has 0 bridgehead atoms. The number of benzene rings is 1. The molecule has 0 aromatic heterocycles. The fourth-order valence-electron chi connectivity index (χ4n) is 4.00. The fourth-order valence-corrected chi connectivity index (χ4v) is 4.55. The number of rotatable bonds is 3. The summed E-state index contributed by atoms with van der Waals surface area (Å²) in [4.78, 5) is 40.4. The minimum atomic E-state index is -0.466. The van der Waals surface area contributed by atoms with E-state index < -0.39 is 5.91 Å². The number of nitrogens with zero attached hydrogens (tertiary/aromatic N) is 3. The highest BCUT2D eigenvalue weighted by molar-refractivity contribution is 6.44. The van der Waals surface area contributed by atoms with Crippen molar-refractivity contribution in [1.82, 2.24) is 0 Å². The van der Waals surface area contributed by atoms with Crippen LogP contribution in [0.15, 0.2) is 33.9 Å². The number of carbonyl (C=O) groups excluding carboxylic acids is 3. The molecule has 2 aliphatic heterocycles. The van der Waals surface area contributed by atoms with Gasteiger partial charge in [-0.25, -0.2) is 4.99 Å². The molecule has 1 saturated carbocycles. The smallest absolute Gasteiger partial charge is 0.255 e. The average molecular weight is 462 g/mol. The van der Waals surface area contributed by atoms with E-state index in [4.69, 9.17) is 27.9 Å². The molecule has 0 spiro atoms. The van der Waals surface area contributed by atoms with Gasteiger partial charge in [0.2, 0.25) is 5.90 Å². The molecule has 162 valence electrons. The number of hydrogen-bond acceptors (Lipinski definition) is 6. The van der Waals surface area contributed by atoms with Gasteiger partial charge in [-0.1, -0.05) is 42.5 Å². The molecule has 0 atom stereocenters. The third kappa shape index (κ3) is 4.57. The first kappa shape index (κ1) is 21.7. The Balaban J connectivity index is 1.58. The zero-order chi connectivity index (χ0) is 22.1. The van der Waals surface area contributed by atoms with Crippen LogP contribution in [0.25, 0.3) is 0 Å². The highest BCUT2D eigenvalue weighted by Crippen LogP contribution is 2.39. The lowest BCUT2D eigenvalue weighted by Gasteiger charge is -2.25. The zero-order valence-electron chi connectivity index (χ0n) is 17.0. The molecule has 0 unspecified atom stereocenters. The summed E-state index contributed by atoms with van der Waals surface area (Å²) in [5.74, 6) is -0.0582. The third-order valence-corrected chi connectivity index (χ3v) is 6.22. The Bertz CT molecular complexity index is 1030. The summed E-state index contributed by atoms with van der Waals surface area (Å²) in [7, 11) is 0. The van der Waals surface area contributed by atoms with Gasteiger partial charge in [0.15, 0.2) is 17.3 Å². The van der Waals surface area contributed by atoms with Gasteiger partial charge in [0, 0.05) is 11.6 Å². The highest BCUT2D eigenvalue weighted by Gasteiger charge is 2.29. The summed E-state index contributed by atoms with van der Waals surface area (Å²) >= 11 is 12.8. The van der Waals surface area contributed by atoms with Gasteiger partial charge < -0.3 is 4.74 Å². The van der Waals surface area contributed by atoms with E-state index in [1.165, 1.54) is 18.6 Å². The molecule has 0 radical (unpaired) electrons. The van der Waals surface area contributed by atoms with Crippen LogP contribution in [0.1, 0.15) is 45.4 Å². The fraction of sp³-hybridized carbons (Fsp3) is 0.409. The van der Waals surface area contributed by atoms with Gasteiger partial charge in [-0.2, -0.15) is 10.1 Å². The molecule has 0 N–H and O–H groups in total. The Kier molecular flexibility index (Phi) is 6.25. The molecule has 2 heterocycles. The monoisotopic (exact) mass is 461 g/mol. The lowest BCUT2D eigenvalue weighted by atomic mass is 9.81. The summed E-state index contributed by atoms with van der Waals surface area (Å²) in [6, 6.07) is 2.99. The molecule has 31 heavy (non-hydrogen) atoms. The predicted octanol–water partition coefficient (Wildman–Crippen LogP) is 4.54. The maximum absolute atomic E-state index is 12.4. The Hall–Kier alpha value is -2.51. The number of ether oxygens (including phenoxy) is 1. The van der Waals surface area contributed by atoms with E-state index in [0.717, 1.165) is 36.3 Å². The molecule has 1 fully saturated rings. The molecule has 7 nitrogen and oxygen atoms in total. The Morgan fingerprint density at radius 1 is 1.03 bits per heavy atom. The van der Waals surface area contributed by atoms with Crippen LogP contribution in [0, 0.1) is 5.92 Å². The topological polar surface area (TPSA) is 88.4 Å². The van der Waals surface area contributed by atoms with Crippen LogP contribution in [0.4, 0.5) is 5.69 Å². The molecule has 1 aliphatic carbocycles. The first-order chi connectivity index (χ1) is 14.8. The van der Waals surface area contributed by atoms with E-state index >= 15 is 0 Å². The summed E-state index contributed by atoms with van der Waals surface area (Å²) < 4.78 is 5.86. The van der Waals surface area contributed by atoms with E-state index in [9.17, 15) is 14.4 Å². The number of aliphatic imine (C=N–C) groups is 1. The van der Waals surface area contributed by atoms with Crippen LogP contribution in [0.3, 0.4) is 0 Å². The summed E-state index contributed by atoms with van der Waals surface area (Å²) in [5.41, 5.74) is 1.31. The SMILES string of the molecule is CC1=NN(c2cc(Cl)c(OC3=NCC(=O)C(C4CCCCC4)=C3)c(Cl)c2)C(=O)CC1=O. The number of ketones is 2. The first-order valence-electron chi connectivity index (χ1n) is 10.2. The molecule has 0 saturated heterocycles. The molecule has 4 rings (SSSR count). The zero-order valence-corrected chi connectivity index (χ0v) is 18.5. The van der Waals surface area contributed by atoms with Crippen LogP contribution in [-0.2, 0) is 14.4 Å². The van der Waals surface area contributed by atoms with E-state index in [-0.39, 0.29) is 57.9 Å². The number of dihydropyridines is 1. The summed E-state index contributed by atoms with van der Waals surface area (Å²) in [6.07, 6.45) is 6.85. The van der Waals surface area contributed by atoms with Gasteiger partial charge in [-0.3, -0.25) is 14.4 Å². The molecule has 1 amide bonds. The highest BCUT2D eigenvalue weighted by atomic mass is 35.5. The van der Waals surface area contributed by atoms with Crippen molar-refractivity contribution in [2.75, 3.05) is 11.6 Å². The normalized spacial score (nSPS) is 20.4. The van der Waals surface area contributed by atoms with E-state index in [0.29, 0.717) is 5.69 Å². The maximum atomic E-state index is 12.4.